The summed E-state index contributed by atoms with van der Waals surface area (Å²) in [7, 11) is 0. The fraction of sp³-hybridized carbons (Fsp3) is 0.222. The van der Waals surface area contributed by atoms with Crippen LogP contribution in [0.1, 0.15) is 11.7 Å². The molecule has 6 heteroatoms. The standard InChI is InChI=1S/C9H9ClO5/c10-5-2-1-4(3-6(5)11)7(12)8(13)9(14)15/h1-3,7-8,11-13H,(H,14,15). The van der Waals surface area contributed by atoms with Gasteiger partial charge >= 0.3 is 5.97 Å². The van der Waals surface area contributed by atoms with Crippen LogP contribution in [-0.4, -0.2) is 32.5 Å². The predicted octanol–water partition coefficient (Wildman–Crippen LogP) is 0.524. The average Bonchev–Trinajstić information content (AvgIpc) is 2.19. The number of aliphatic hydroxyl groups is 2. The normalized spacial score (nSPS) is 14.6. The number of rotatable bonds is 3. The van der Waals surface area contributed by atoms with Crippen LogP contribution in [-0.2, 0) is 4.79 Å². The Labute approximate surface area is 90.2 Å². The van der Waals surface area contributed by atoms with Crippen molar-refractivity contribution in [2.75, 3.05) is 0 Å². The molecule has 0 amide bonds. The van der Waals surface area contributed by atoms with Crippen LogP contribution in [0.25, 0.3) is 0 Å². The number of phenols is 1. The van der Waals surface area contributed by atoms with Gasteiger partial charge in [0, 0.05) is 0 Å². The smallest absolute Gasteiger partial charge is 0.335 e. The molecule has 0 saturated carbocycles. The molecule has 1 aromatic rings. The zero-order valence-corrected chi connectivity index (χ0v) is 8.22. The number of aliphatic hydroxyl groups excluding tert-OH is 2. The van der Waals surface area contributed by atoms with Crippen LogP contribution in [0.3, 0.4) is 0 Å². The van der Waals surface area contributed by atoms with Crippen molar-refractivity contribution < 1.29 is 25.2 Å². The lowest BCUT2D eigenvalue weighted by molar-refractivity contribution is -0.153. The third kappa shape index (κ3) is 2.59. The van der Waals surface area contributed by atoms with Crippen LogP contribution in [0, 0.1) is 0 Å². The number of aromatic hydroxyl groups is 1. The summed E-state index contributed by atoms with van der Waals surface area (Å²) < 4.78 is 0. The van der Waals surface area contributed by atoms with E-state index in [1.54, 1.807) is 0 Å². The first-order valence-electron chi connectivity index (χ1n) is 4.01. The molecule has 2 atom stereocenters. The number of halogens is 1. The van der Waals surface area contributed by atoms with E-state index in [2.05, 4.69) is 0 Å². The number of hydrogen-bond donors (Lipinski definition) is 4. The number of benzene rings is 1. The first kappa shape index (κ1) is 11.8. The van der Waals surface area contributed by atoms with Crippen molar-refractivity contribution in [1.82, 2.24) is 0 Å². The fourth-order valence-corrected chi connectivity index (χ4v) is 1.15. The molecule has 0 aliphatic rings. The molecule has 1 aromatic carbocycles. The van der Waals surface area contributed by atoms with Crippen LogP contribution < -0.4 is 0 Å². The minimum Gasteiger partial charge on any atom is -0.506 e. The largest absolute Gasteiger partial charge is 0.506 e. The monoisotopic (exact) mass is 232 g/mol. The van der Waals surface area contributed by atoms with E-state index in [0.717, 1.165) is 6.07 Å². The van der Waals surface area contributed by atoms with E-state index < -0.39 is 18.2 Å². The molecule has 0 aliphatic heterocycles. The van der Waals surface area contributed by atoms with Gasteiger partial charge in [0.2, 0.25) is 0 Å². The Bertz CT molecular complexity index is 379. The Morgan fingerprint density at radius 2 is 1.93 bits per heavy atom. The van der Waals surface area contributed by atoms with Crippen molar-refractivity contribution in [3.63, 3.8) is 0 Å². The minimum absolute atomic E-state index is 0.0757. The van der Waals surface area contributed by atoms with Crippen LogP contribution in [0.2, 0.25) is 5.02 Å². The topological polar surface area (TPSA) is 98.0 Å². The second kappa shape index (κ2) is 4.48. The van der Waals surface area contributed by atoms with E-state index >= 15 is 0 Å². The van der Waals surface area contributed by atoms with Gasteiger partial charge in [0.15, 0.2) is 6.10 Å². The molecule has 0 radical (unpaired) electrons. The number of phenolic OH excluding ortho intramolecular Hbond substituents is 1. The van der Waals surface area contributed by atoms with Gasteiger partial charge in [0.25, 0.3) is 0 Å². The fourth-order valence-electron chi connectivity index (χ4n) is 1.03. The maximum absolute atomic E-state index is 10.4. The third-order valence-electron chi connectivity index (χ3n) is 1.86. The minimum atomic E-state index is -1.94. The van der Waals surface area contributed by atoms with Crippen molar-refractivity contribution in [3.8, 4) is 5.75 Å². The molecule has 1 rings (SSSR count). The van der Waals surface area contributed by atoms with Crippen molar-refractivity contribution in [3.05, 3.63) is 28.8 Å². The summed E-state index contributed by atoms with van der Waals surface area (Å²) in [5, 5.41) is 36.1. The van der Waals surface area contributed by atoms with Crippen LogP contribution in [0.15, 0.2) is 18.2 Å². The molecule has 0 aromatic heterocycles. The molecular weight excluding hydrogens is 224 g/mol. The van der Waals surface area contributed by atoms with Crippen molar-refractivity contribution in [2.45, 2.75) is 12.2 Å². The highest BCUT2D eigenvalue weighted by Crippen LogP contribution is 2.27. The second-order valence-electron chi connectivity index (χ2n) is 2.94. The molecule has 0 aliphatic carbocycles. The lowest BCUT2D eigenvalue weighted by Gasteiger charge is -2.14. The zero-order chi connectivity index (χ0) is 11.6. The third-order valence-corrected chi connectivity index (χ3v) is 2.18. The Kier molecular flexibility index (Phi) is 3.52. The van der Waals surface area contributed by atoms with Crippen molar-refractivity contribution in [2.24, 2.45) is 0 Å². The SMILES string of the molecule is O=C(O)C(O)C(O)c1ccc(Cl)c(O)c1. The van der Waals surface area contributed by atoms with Gasteiger partial charge in [-0.25, -0.2) is 4.79 Å². The number of carbonyl (C=O) groups is 1. The molecule has 0 bridgehead atoms. The summed E-state index contributed by atoms with van der Waals surface area (Å²) in [5.74, 6) is -1.83. The van der Waals surface area contributed by atoms with Crippen LogP contribution in [0.5, 0.6) is 5.75 Å². The molecule has 0 saturated heterocycles. The summed E-state index contributed by atoms with van der Waals surface area (Å²) in [5.41, 5.74) is 0.0757. The average molecular weight is 233 g/mol. The highest BCUT2D eigenvalue weighted by molar-refractivity contribution is 6.32. The van der Waals surface area contributed by atoms with E-state index in [1.807, 2.05) is 0 Å². The van der Waals surface area contributed by atoms with Gasteiger partial charge in [-0.15, -0.1) is 0 Å². The first-order chi connectivity index (χ1) is 6.93. The van der Waals surface area contributed by atoms with Gasteiger partial charge in [-0.3, -0.25) is 0 Å². The molecule has 15 heavy (non-hydrogen) atoms. The number of aliphatic carboxylic acids is 1. The zero-order valence-electron chi connectivity index (χ0n) is 7.46. The summed E-state index contributed by atoms with van der Waals surface area (Å²) in [4.78, 5) is 10.4. The maximum atomic E-state index is 10.4. The molecule has 0 spiro atoms. The predicted molar refractivity (Wildman–Crippen MR) is 51.7 cm³/mol. The highest BCUT2D eigenvalue weighted by atomic mass is 35.5. The van der Waals surface area contributed by atoms with E-state index in [-0.39, 0.29) is 16.3 Å². The lowest BCUT2D eigenvalue weighted by Crippen LogP contribution is -2.27. The number of carboxylic acid groups (broad SMARTS) is 1. The Hall–Kier alpha value is -1.30. The molecule has 0 fully saturated rings. The number of hydrogen-bond acceptors (Lipinski definition) is 4. The molecule has 2 unspecified atom stereocenters. The quantitative estimate of drug-likeness (QED) is 0.609. The van der Waals surface area contributed by atoms with E-state index in [1.165, 1.54) is 12.1 Å². The van der Waals surface area contributed by atoms with Gasteiger partial charge < -0.3 is 20.4 Å². The van der Waals surface area contributed by atoms with Gasteiger partial charge in [-0.05, 0) is 17.7 Å². The number of carboxylic acids is 1. The second-order valence-corrected chi connectivity index (χ2v) is 3.35. The van der Waals surface area contributed by atoms with Gasteiger partial charge in [-0.2, -0.15) is 0 Å². The van der Waals surface area contributed by atoms with E-state index in [4.69, 9.17) is 21.8 Å². The van der Waals surface area contributed by atoms with Crippen molar-refractivity contribution >= 4 is 17.6 Å². The van der Waals surface area contributed by atoms with E-state index in [0.29, 0.717) is 0 Å². The van der Waals surface area contributed by atoms with Crippen molar-refractivity contribution in [1.29, 1.82) is 0 Å². The van der Waals surface area contributed by atoms with E-state index in [9.17, 15) is 15.0 Å². The molecule has 82 valence electrons. The lowest BCUT2D eigenvalue weighted by atomic mass is 10.0. The van der Waals surface area contributed by atoms with Crippen LogP contribution >= 0.6 is 11.6 Å². The summed E-state index contributed by atoms with van der Waals surface area (Å²) in [6.45, 7) is 0. The first-order valence-corrected chi connectivity index (χ1v) is 4.38. The summed E-state index contributed by atoms with van der Waals surface area (Å²) in [6, 6.07) is 3.71. The molecular formula is C9H9ClO5. The Morgan fingerprint density at radius 1 is 1.33 bits per heavy atom. The Balaban J connectivity index is 2.96. The highest BCUT2D eigenvalue weighted by Gasteiger charge is 2.25. The Morgan fingerprint density at radius 3 is 2.40 bits per heavy atom. The summed E-state index contributed by atoms with van der Waals surface area (Å²) in [6.07, 6.45) is -3.55. The van der Waals surface area contributed by atoms with Gasteiger partial charge in [-0.1, -0.05) is 17.7 Å². The molecule has 4 N–H and O–H groups in total. The van der Waals surface area contributed by atoms with Gasteiger partial charge in [0.05, 0.1) is 5.02 Å². The summed E-state index contributed by atoms with van der Waals surface area (Å²) >= 11 is 5.52. The maximum Gasteiger partial charge on any atom is 0.335 e. The molecule has 0 heterocycles. The van der Waals surface area contributed by atoms with Gasteiger partial charge in [0.1, 0.15) is 11.9 Å². The van der Waals surface area contributed by atoms with Crippen LogP contribution in [0.4, 0.5) is 0 Å². The molecule has 5 nitrogen and oxygen atoms in total.